The maximum atomic E-state index is 2.54. The molecule has 0 aromatic heterocycles. The van der Waals surface area contributed by atoms with E-state index in [-0.39, 0.29) is 0 Å². The van der Waals surface area contributed by atoms with Gasteiger partial charge in [0, 0.05) is 0 Å². The predicted molar refractivity (Wildman–Crippen MR) is 264 cm³/mol. The second-order valence-corrected chi connectivity index (χ2v) is 17.0. The summed E-state index contributed by atoms with van der Waals surface area (Å²) in [6.07, 6.45) is 0. The summed E-state index contributed by atoms with van der Waals surface area (Å²) in [6.45, 7) is 0. The molecule has 0 fully saturated rings. The van der Waals surface area contributed by atoms with Gasteiger partial charge < -0.3 is 0 Å². The molecular weight excluding hydrogens is 745 g/mol. The van der Waals surface area contributed by atoms with E-state index < -0.39 is 0 Å². The van der Waals surface area contributed by atoms with Gasteiger partial charge in [-0.25, -0.2) is 0 Å². The van der Waals surface area contributed by atoms with E-state index in [1.807, 2.05) is 0 Å². The van der Waals surface area contributed by atoms with E-state index >= 15 is 0 Å². The molecule has 0 spiro atoms. The van der Waals surface area contributed by atoms with Crippen molar-refractivity contribution in [2.75, 3.05) is 0 Å². The quantitative estimate of drug-likeness (QED) is 0.121. The summed E-state index contributed by atoms with van der Waals surface area (Å²) in [5.41, 5.74) is 23.1. The Labute approximate surface area is 360 Å². The average Bonchev–Trinajstić information content (AvgIpc) is 3.88. The summed E-state index contributed by atoms with van der Waals surface area (Å²) < 4.78 is 0. The molecule has 0 nitrogen and oxygen atoms in total. The number of rotatable bonds is 5. The lowest BCUT2D eigenvalue weighted by atomic mass is 9.82. The highest BCUT2D eigenvalue weighted by Gasteiger charge is 2.34. The highest BCUT2D eigenvalue weighted by molar-refractivity contribution is 6.43. The molecule has 0 unspecified atom stereocenters. The van der Waals surface area contributed by atoms with Crippen molar-refractivity contribution in [1.29, 1.82) is 0 Å². The lowest BCUT2D eigenvalue weighted by molar-refractivity contribution is 1.59. The van der Waals surface area contributed by atoms with Crippen molar-refractivity contribution in [2.24, 2.45) is 0 Å². The maximum absolute atomic E-state index is 2.54. The van der Waals surface area contributed by atoms with Gasteiger partial charge in [-0.2, -0.15) is 0 Å². The van der Waals surface area contributed by atoms with Gasteiger partial charge in [0.2, 0.25) is 0 Å². The fourth-order valence-electron chi connectivity index (χ4n) is 11.4. The molecule has 0 heteroatoms. The molecule has 0 saturated carbocycles. The molecule has 0 saturated heterocycles. The Morgan fingerprint density at radius 2 is 0.452 bits per heavy atom. The van der Waals surface area contributed by atoms with Crippen LogP contribution in [0.5, 0.6) is 0 Å². The highest BCUT2D eigenvalue weighted by atomic mass is 14.4. The van der Waals surface area contributed by atoms with Crippen LogP contribution in [0.15, 0.2) is 218 Å². The van der Waals surface area contributed by atoms with Crippen LogP contribution >= 0.6 is 0 Å². The molecule has 62 heavy (non-hydrogen) atoms. The minimum absolute atomic E-state index is 1.23. The second kappa shape index (κ2) is 12.7. The van der Waals surface area contributed by atoms with Crippen LogP contribution in [0, 0.1) is 0 Å². The minimum atomic E-state index is 1.23. The van der Waals surface area contributed by atoms with E-state index in [0.717, 1.165) is 0 Å². The first-order valence-electron chi connectivity index (χ1n) is 21.7. The molecule has 14 rings (SSSR count). The average molecular weight is 781 g/mol. The Bertz CT molecular complexity index is 3720. The maximum Gasteiger partial charge on any atom is -0.000761 e. The van der Waals surface area contributed by atoms with E-state index in [9.17, 15) is 0 Å². The van der Waals surface area contributed by atoms with Gasteiger partial charge in [-0.3, -0.25) is 0 Å². The molecule has 0 N–H and O–H groups in total. The second-order valence-electron chi connectivity index (χ2n) is 17.0. The van der Waals surface area contributed by atoms with Crippen molar-refractivity contribution in [1.82, 2.24) is 0 Å². The van der Waals surface area contributed by atoms with Crippen LogP contribution < -0.4 is 0 Å². The summed E-state index contributed by atoms with van der Waals surface area (Å²) in [7, 11) is 0. The van der Waals surface area contributed by atoms with Gasteiger partial charge in [0.25, 0.3) is 0 Å². The molecule has 284 valence electrons. The van der Waals surface area contributed by atoms with Crippen molar-refractivity contribution in [3.8, 4) is 100 Å². The van der Waals surface area contributed by atoms with Crippen LogP contribution in [-0.4, -0.2) is 0 Å². The molecule has 0 heterocycles. The molecule has 0 bridgehead atoms. The standard InChI is InChI=1S/C62H36/c1-6-16-37(17-7-1)42-26-27-43(38-18-8-2-9-19-38)55-49-34-35-51-58-46(30-32-48(54(42)55)59(49)58)47-31-33-50-56-44(39-20-10-3-11-21-39)28-29-45(40-22-12-4-13-23-40)57(56)53-36-52(41-24-14-5-15-25-41)60(51)62(47)61(50)53/h1-36H. The third kappa shape index (κ3) is 4.51. The van der Waals surface area contributed by atoms with Crippen LogP contribution in [0.4, 0.5) is 0 Å². The summed E-state index contributed by atoms with van der Waals surface area (Å²) in [5, 5.41) is 10.7. The number of benzene rings is 12. The Balaban J connectivity index is 1.15. The van der Waals surface area contributed by atoms with Crippen molar-refractivity contribution in [3.63, 3.8) is 0 Å². The van der Waals surface area contributed by atoms with E-state index in [1.165, 1.54) is 143 Å². The number of fused-ring (bicyclic) bond motifs is 8. The molecular formula is C62H36. The fourth-order valence-corrected chi connectivity index (χ4v) is 11.4. The highest BCUT2D eigenvalue weighted by Crippen LogP contribution is 2.61. The first-order valence-corrected chi connectivity index (χ1v) is 21.7. The molecule has 0 radical (unpaired) electrons. The zero-order chi connectivity index (χ0) is 40.5. The summed E-state index contributed by atoms with van der Waals surface area (Å²) in [4.78, 5) is 0. The molecule has 0 amide bonds. The van der Waals surface area contributed by atoms with E-state index in [0.29, 0.717) is 0 Å². The molecule has 0 aliphatic heterocycles. The summed E-state index contributed by atoms with van der Waals surface area (Å²) >= 11 is 0. The van der Waals surface area contributed by atoms with E-state index in [1.54, 1.807) is 0 Å². The third-order valence-electron chi connectivity index (χ3n) is 13.9. The Kier molecular flexibility index (Phi) is 6.92. The van der Waals surface area contributed by atoms with Crippen LogP contribution in [0.25, 0.3) is 143 Å². The van der Waals surface area contributed by atoms with E-state index in [2.05, 4.69) is 218 Å². The molecule has 12 aromatic carbocycles. The number of hydrogen-bond donors (Lipinski definition) is 0. The van der Waals surface area contributed by atoms with Gasteiger partial charge in [-0.05, 0) is 149 Å². The van der Waals surface area contributed by atoms with Gasteiger partial charge in [0.15, 0.2) is 0 Å². The number of hydrogen-bond acceptors (Lipinski definition) is 0. The Morgan fingerprint density at radius 1 is 0.161 bits per heavy atom. The fraction of sp³-hybridized carbons (Fsp3) is 0. The largest absolute Gasteiger partial charge is 0.0622 e. The SMILES string of the molecule is c1ccc(-c2ccc(-c3ccccc3)c3c2-c2ccc4c5ccc6c7c(cc(-c8ccccc8)c(c8ccc-3c2c48)c75)-c2c(-c3ccccc3)ccc(-c3ccccc3)c2-6)cc1. The Morgan fingerprint density at radius 3 is 0.839 bits per heavy atom. The molecule has 12 aromatic rings. The zero-order valence-corrected chi connectivity index (χ0v) is 33.8. The van der Waals surface area contributed by atoms with Crippen LogP contribution in [0.2, 0.25) is 0 Å². The van der Waals surface area contributed by atoms with Crippen molar-refractivity contribution < 1.29 is 0 Å². The van der Waals surface area contributed by atoms with Crippen molar-refractivity contribution in [2.45, 2.75) is 0 Å². The monoisotopic (exact) mass is 780 g/mol. The van der Waals surface area contributed by atoms with Gasteiger partial charge in [-0.15, -0.1) is 0 Å². The smallest absolute Gasteiger partial charge is 0.000761 e. The van der Waals surface area contributed by atoms with Gasteiger partial charge >= 0.3 is 0 Å². The van der Waals surface area contributed by atoms with Gasteiger partial charge in [0.1, 0.15) is 0 Å². The predicted octanol–water partition coefficient (Wildman–Crippen LogP) is 17.4. The zero-order valence-electron chi connectivity index (χ0n) is 33.8. The van der Waals surface area contributed by atoms with Crippen LogP contribution in [0.1, 0.15) is 0 Å². The third-order valence-corrected chi connectivity index (χ3v) is 13.9. The lowest BCUT2D eigenvalue weighted by Gasteiger charge is -2.20. The molecule has 2 aliphatic carbocycles. The van der Waals surface area contributed by atoms with Crippen molar-refractivity contribution in [3.05, 3.63) is 218 Å². The summed E-state index contributed by atoms with van der Waals surface area (Å²) in [5.74, 6) is 0. The first kappa shape index (κ1) is 33.7. The molecule has 2 aliphatic rings. The minimum Gasteiger partial charge on any atom is -0.0622 e. The lowest BCUT2D eigenvalue weighted by Crippen LogP contribution is -1.92. The van der Waals surface area contributed by atoms with Crippen LogP contribution in [-0.2, 0) is 0 Å². The van der Waals surface area contributed by atoms with Gasteiger partial charge in [0.05, 0.1) is 0 Å². The normalized spacial score (nSPS) is 12.2. The summed E-state index contributed by atoms with van der Waals surface area (Å²) in [6, 6.07) is 81.5. The van der Waals surface area contributed by atoms with Crippen LogP contribution in [0.3, 0.4) is 0 Å². The topological polar surface area (TPSA) is 0 Å². The van der Waals surface area contributed by atoms with E-state index in [4.69, 9.17) is 0 Å². The van der Waals surface area contributed by atoms with Crippen molar-refractivity contribution >= 4 is 43.1 Å². The Hall–Kier alpha value is -8.06. The van der Waals surface area contributed by atoms with Gasteiger partial charge in [-0.1, -0.05) is 212 Å². The first-order chi connectivity index (χ1) is 30.8. The molecule has 0 atom stereocenters.